The Balaban J connectivity index is 1.56. The Labute approximate surface area is 164 Å². The summed E-state index contributed by atoms with van der Waals surface area (Å²) in [6, 6.07) is 11.6. The van der Waals surface area contributed by atoms with Crippen LogP contribution in [0.3, 0.4) is 0 Å². The summed E-state index contributed by atoms with van der Waals surface area (Å²) in [4.78, 5) is 18.2. The summed E-state index contributed by atoms with van der Waals surface area (Å²) in [6.07, 6.45) is 1.67. The highest BCUT2D eigenvalue weighted by molar-refractivity contribution is 7.20. The van der Waals surface area contributed by atoms with Crippen LogP contribution in [0.15, 0.2) is 48.7 Å². The van der Waals surface area contributed by atoms with Crippen molar-refractivity contribution >= 4 is 27.5 Å². The summed E-state index contributed by atoms with van der Waals surface area (Å²) >= 11 is 1.35. The highest BCUT2D eigenvalue weighted by Gasteiger charge is 2.17. The smallest absolute Gasteiger partial charge is 0.261 e. The van der Waals surface area contributed by atoms with Crippen molar-refractivity contribution in [2.45, 2.75) is 13.5 Å². The van der Waals surface area contributed by atoms with Gasteiger partial charge in [-0.1, -0.05) is 6.07 Å². The number of nitrogens with one attached hydrogen (secondary N) is 1. The van der Waals surface area contributed by atoms with E-state index in [1.54, 1.807) is 36.2 Å². The highest BCUT2D eigenvalue weighted by atomic mass is 32.1. The maximum Gasteiger partial charge on any atom is 0.261 e. The van der Waals surface area contributed by atoms with Crippen LogP contribution in [0.5, 0.6) is 5.88 Å². The van der Waals surface area contributed by atoms with Crippen molar-refractivity contribution in [1.82, 2.24) is 20.1 Å². The lowest BCUT2D eigenvalue weighted by molar-refractivity contribution is 0.0955. The first-order valence-electron chi connectivity index (χ1n) is 8.57. The molecule has 0 aliphatic carbocycles. The number of ether oxygens (including phenoxy) is 1. The third-order valence-electron chi connectivity index (χ3n) is 4.30. The average Bonchev–Trinajstić information content (AvgIpc) is 3.28. The summed E-state index contributed by atoms with van der Waals surface area (Å²) in [5.74, 6) is 0.0608. The van der Waals surface area contributed by atoms with E-state index < -0.39 is 0 Å². The Kier molecular flexibility index (Phi) is 4.79. The van der Waals surface area contributed by atoms with Crippen LogP contribution in [0.1, 0.15) is 20.9 Å². The van der Waals surface area contributed by atoms with Gasteiger partial charge in [0.05, 0.1) is 23.4 Å². The van der Waals surface area contributed by atoms with Crippen molar-refractivity contribution in [2.75, 3.05) is 7.11 Å². The van der Waals surface area contributed by atoms with Gasteiger partial charge >= 0.3 is 0 Å². The molecule has 1 aromatic carbocycles. The fraction of sp³-hybridized carbons (Fsp3) is 0.150. The standard InChI is InChI=1S/C20H17FN4O2S/c1-12-16-9-17(19(26)23-11-13-3-8-18(27-2)22-10-13)28-20(16)25(24-12)15-6-4-14(21)5-7-15/h3-10H,11H2,1-2H3,(H,23,26). The summed E-state index contributed by atoms with van der Waals surface area (Å²) < 4.78 is 20.0. The van der Waals surface area contributed by atoms with Gasteiger partial charge in [0, 0.05) is 24.2 Å². The number of methoxy groups -OCH3 is 1. The zero-order valence-corrected chi connectivity index (χ0v) is 16.1. The molecule has 0 fully saturated rings. The van der Waals surface area contributed by atoms with Crippen molar-refractivity contribution in [1.29, 1.82) is 0 Å². The first kappa shape index (κ1) is 18.1. The first-order valence-corrected chi connectivity index (χ1v) is 9.39. The number of aromatic nitrogens is 3. The molecule has 4 aromatic rings. The number of hydrogen-bond acceptors (Lipinski definition) is 5. The largest absolute Gasteiger partial charge is 0.481 e. The number of carbonyl (C=O) groups excluding carboxylic acids is 1. The van der Waals surface area contributed by atoms with Crippen molar-refractivity contribution < 1.29 is 13.9 Å². The van der Waals surface area contributed by atoms with Crippen molar-refractivity contribution in [2.24, 2.45) is 0 Å². The normalized spacial score (nSPS) is 11.0. The quantitative estimate of drug-likeness (QED) is 0.556. The summed E-state index contributed by atoms with van der Waals surface area (Å²) in [5.41, 5.74) is 2.44. The second kappa shape index (κ2) is 7.40. The van der Waals surface area contributed by atoms with Gasteiger partial charge in [0.1, 0.15) is 10.6 Å². The third kappa shape index (κ3) is 3.46. The Morgan fingerprint density at radius 2 is 2.04 bits per heavy atom. The first-order chi connectivity index (χ1) is 13.5. The van der Waals surface area contributed by atoms with Crippen molar-refractivity contribution in [3.63, 3.8) is 0 Å². The molecule has 3 heterocycles. The molecule has 0 unspecified atom stereocenters. The number of hydrogen-bond donors (Lipinski definition) is 1. The minimum absolute atomic E-state index is 0.165. The van der Waals surface area contributed by atoms with Crippen LogP contribution in [0, 0.1) is 12.7 Å². The zero-order chi connectivity index (χ0) is 19.7. The van der Waals surface area contributed by atoms with Gasteiger partial charge in [-0.25, -0.2) is 14.1 Å². The molecule has 6 nitrogen and oxygen atoms in total. The van der Waals surface area contributed by atoms with E-state index in [0.29, 0.717) is 17.3 Å². The van der Waals surface area contributed by atoms with Crippen LogP contribution in [0.25, 0.3) is 15.9 Å². The topological polar surface area (TPSA) is 69.0 Å². The van der Waals surface area contributed by atoms with Gasteiger partial charge in [-0.05, 0) is 42.8 Å². The Bertz CT molecular complexity index is 1130. The number of thiophene rings is 1. The van der Waals surface area contributed by atoms with Gasteiger partial charge in [0.25, 0.3) is 5.91 Å². The molecule has 142 valence electrons. The molecule has 0 aliphatic rings. The maximum atomic E-state index is 13.2. The Morgan fingerprint density at radius 3 is 2.71 bits per heavy atom. The van der Waals surface area contributed by atoms with Crippen LogP contribution in [-0.2, 0) is 6.54 Å². The second-order valence-corrected chi connectivity index (χ2v) is 7.23. The van der Waals surface area contributed by atoms with Crippen LogP contribution in [0.4, 0.5) is 4.39 Å². The lowest BCUT2D eigenvalue weighted by atomic mass is 10.2. The molecule has 0 spiro atoms. The van der Waals surface area contributed by atoms with E-state index >= 15 is 0 Å². The molecule has 0 saturated carbocycles. The van der Waals surface area contributed by atoms with Crippen LogP contribution >= 0.6 is 11.3 Å². The minimum Gasteiger partial charge on any atom is -0.481 e. The molecule has 0 saturated heterocycles. The predicted octanol–water partition coefficient (Wildman–Crippen LogP) is 3.87. The highest BCUT2D eigenvalue weighted by Crippen LogP contribution is 2.30. The van der Waals surface area contributed by atoms with E-state index in [2.05, 4.69) is 15.4 Å². The number of pyridine rings is 1. The monoisotopic (exact) mass is 396 g/mol. The summed E-state index contributed by atoms with van der Waals surface area (Å²) in [5, 5.41) is 8.32. The SMILES string of the molecule is COc1ccc(CNC(=O)c2cc3c(C)nn(-c4ccc(F)cc4)c3s2)cn1. The van der Waals surface area contributed by atoms with E-state index in [4.69, 9.17) is 4.74 Å². The van der Waals surface area contributed by atoms with E-state index in [1.165, 1.54) is 23.5 Å². The summed E-state index contributed by atoms with van der Waals surface area (Å²) in [7, 11) is 1.56. The number of nitrogens with zero attached hydrogens (tertiary/aromatic N) is 3. The lowest BCUT2D eigenvalue weighted by Crippen LogP contribution is -2.21. The molecule has 0 bridgehead atoms. The van der Waals surface area contributed by atoms with E-state index in [9.17, 15) is 9.18 Å². The van der Waals surface area contributed by atoms with Crippen molar-refractivity contribution in [3.8, 4) is 11.6 Å². The predicted molar refractivity (Wildman–Crippen MR) is 106 cm³/mol. The minimum atomic E-state index is -0.303. The number of aryl methyl sites for hydroxylation is 1. The number of amides is 1. The van der Waals surface area contributed by atoms with Gasteiger partial charge in [-0.3, -0.25) is 4.79 Å². The molecule has 0 radical (unpaired) electrons. The number of benzene rings is 1. The molecule has 0 aliphatic heterocycles. The lowest BCUT2D eigenvalue weighted by Gasteiger charge is -2.05. The van der Waals surface area contributed by atoms with Gasteiger partial charge in [-0.15, -0.1) is 11.3 Å². The fourth-order valence-electron chi connectivity index (χ4n) is 2.82. The Hall–Kier alpha value is -3.26. The zero-order valence-electron chi connectivity index (χ0n) is 15.3. The number of fused-ring (bicyclic) bond motifs is 1. The molecule has 28 heavy (non-hydrogen) atoms. The van der Waals surface area contributed by atoms with Gasteiger partial charge in [-0.2, -0.15) is 5.10 Å². The maximum absolute atomic E-state index is 13.2. The molecule has 1 N–H and O–H groups in total. The van der Waals surface area contributed by atoms with Crippen molar-refractivity contribution in [3.05, 3.63) is 70.6 Å². The Morgan fingerprint density at radius 1 is 1.25 bits per heavy atom. The van der Waals surface area contributed by atoms with Gasteiger partial charge < -0.3 is 10.1 Å². The fourth-order valence-corrected chi connectivity index (χ4v) is 3.92. The molecular weight excluding hydrogens is 379 g/mol. The molecule has 4 rings (SSSR count). The van der Waals surface area contributed by atoms with Crippen LogP contribution < -0.4 is 10.1 Å². The average molecular weight is 396 g/mol. The summed E-state index contributed by atoms with van der Waals surface area (Å²) in [6.45, 7) is 2.26. The number of carbonyl (C=O) groups is 1. The van der Waals surface area contributed by atoms with E-state index in [0.717, 1.165) is 27.2 Å². The molecule has 1 amide bonds. The van der Waals surface area contributed by atoms with Gasteiger partial charge in [0.15, 0.2) is 0 Å². The molecule has 0 atom stereocenters. The number of rotatable bonds is 5. The molecule has 8 heteroatoms. The van der Waals surface area contributed by atoms with Crippen LogP contribution in [-0.4, -0.2) is 27.8 Å². The third-order valence-corrected chi connectivity index (χ3v) is 5.41. The van der Waals surface area contributed by atoms with E-state index in [1.807, 2.05) is 19.1 Å². The molecular formula is C20H17FN4O2S. The van der Waals surface area contributed by atoms with Gasteiger partial charge in [0.2, 0.25) is 5.88 Å². The van der Waals surface area contributed by atoms with E-state index in [-0.39, 0.29) is 11.7 Å². The molecule has 3 aromatic heterocycles. The van der Waals surface area contributed by atoms with Crippen LogP contribution in [0.2, 0.25) is 0 Å². The number of halogens is 1. The second-order valence-electron chi connectivity index (χ2n) is 6.19.